The lowest BCUT2D eigenvalue weighted by atomic mass is 9.95. The van der Waals surface area contributed by atoms with E-state index in [-0.39, 0.29) is 6.04 Å². The standard InChI is InChI=1S/C20H25N5O/c1-3-12-26-17-7-5-4-6-15(17)20-19-16(22-14-23-19)8-10-25(20)13-18-21-9-11-24(18)2/h4-7,9,11,14,20H,3,8,10,12-13H2,1-2H3,(H,22,23)/t20-/m1/s1. The molecule has 3 aromatic rings. The maximum atomic E-state index is 6.05. The summed E-state index contributed by atoms with van der Waals surface area (Å²) in [5, 5.41) is 0. The predicted octanol–water partition coefficient (Wildman–Crippen LogP) is 3.08. The van der Waals surface area contributed by atoms with Gasteiger partial charge in [-0.25, -0.2) is 9.97 Å². The quantitative estimate of drug-likeness (QED) is 0.741. The monoisotopic (exact) mass is 351 g/mol. The average Bonchev–Trinajstić information content (AvgIpc) is 3.29. The Balaban J connectivity index is 1.73. The van der Waals surface area contributed by atoms with E-state index in [2.05, 4.69) is 49.5 Å². The van der Waals surface area contributed by atoms with Crippen molar-refractivity contribution in [3.05, 3.63) is 65.8 Å². The van der Waals surface area contributed by atoms with Gasteiger partial charge in [0.2, 0.25) is 0 Å². The minimum atomic E-state index is 0.0646. The number of hydrogen-bond donors (Lipinski definition) is 1. The summed E-state index contributed by atoms with van der Waals surface area (Å²) in [4.78, 5) is 14.9. The van der Waals surface area contributed by atoms with E-state index in [1.807, 2.05) is 25.5 Å². The largest absolute Gasteiger partial charge is 0.493 e. The van der Waals surface area contributed by atoms with Crippen LogP contribution in [0.4, 0.5) is 0 Å². The maximum Gasteiger partial charge on any atom is 0.124 e. The molecule has 0 aliphatic carbocycles. The summed E-state index contributed by atoms with van der Waals surface area (Å²) in [5.74, 6) is 2.00. The molecule has 1 atom stereocenters. The van der Waals surface area contributed by atoms with Crippen LogP contribution in [-0.4, -0.2) is 37.6 Å². The van der Waals surface area contributed by atoms with Gasteiger partial charge in [0.1, 0.15) is 11.6 Å². The molecule has 0 amide bonds. The molecule has 26 heavy (non-hydrogen) atoms. The van der Waals surface area contributed by atoms with Crippen LogP contribution in [0.2, 0.25) is 0 Å². The summed E-state index contributed by atoms with van der Waals surface area (Å²) in [5.41, 5.74) is 3.48. The van der Waals surface area contributed by atoms with Crippen LogP contribution in [0, 0.1) is 0 Å². The fourth-order valence-electron chi connectivity index (χ4n) is 3.62. The molecule has 1 aliphatic rings. The number of ether oxygens (including phenoxy) is 1. The highest BCUT2D eigenvalue weighted by Crippen LogP contribution is 2.38. The van der Waals surface area contributed by atoms with Crippen LogP contribution < -0.4 is 4.74 Å². The van der Waals surface area contributed by atoms with Gasteiger partial charge in [0, 0.05) is 43.7 Å². The molecule has 2 aromatic heterocycles. The van der Waals surface area contributed by atoms with Crippen LogP contribution in [0.1, 0.15) is 42.2 Å². The molecular weight excluding hydrogens is 326 g/mol. The van der Waals surface area contributed by atoms with Crippen LogP contribution in [0.5, 0.6) is 5.75 Å². The van der Waals surface area contributed by atoms with Crippen molar-refractivity contribution in [2.24, 2.45) is 7.05 Å². The van der Waals surface area contributed by atoms with E-state index in [4.69, 9.17) is 4.74 Å². The van der Waals surface area contributed by atoms with E-state index in [9.17, 15) is 0 Å². The number of nitrogens with one attached hydrogen (secondary N) is 1. The number of aryl methyl sites for hydroxylation is 1. The topological polar surface area (TPSA) is 59.0 Å². The van der Waals surface area contributed by atoms with Gasteiger partial charge in [-0.15, -0.1) is 0 Å². The second kappa shape index (κ2) is 7.33. The summed E-state index contributed by atoms with van der Waals surface area (Å²) in [7, 11) is 2.04. The molecule has 0 radical (unpaired) electrons. The summed E-state index contributed by atoms with van der Waals surface area (Å²) in [6.45, 7) is 4.58. The third kappa shape index (κ3) is 3.12. The number of aromatic amines is 1. The van der Waals surface area contributed by atoms with Crippen molar-refractivity contribution >= 4 is 0 Å². The Kier molecular flexibility index (Phi) is 4.75. The summed E-state index contributed by atoms with van der Waals surface area (Å²) < 4.78 is 8.13. The molecule has 0 fully saturated rings. The van der Waals surface area contributed by atoms with Crippen molar-refractivity contribution in [3.8, 4) is 5.75 Å². The summed E-state index contributed by atoms with van der Waals surface area (Å²) >= 11 is 0. The molecule has 0 spiro atoms. The lowest BCUT2D eigenvalue weighted by molar-refractivity contribution is 0.188. The number of benzene rings is 1. The summed E-state index contributed by atoms with van der Waals surface area (Å²) in [6.07, 6.45) is 7.61. The van der Waals surface area contributed by atoms with Crippen LogP contribution in [0.25, 0.3) is 0 Å². The van der Waals surface area contributed by atoms with E-state index in [1.54, 1.807) is 6.33 Å². The van der Waals surface area contributed by atoms with Gasteiger partial charge >= 0.3 is 0 Å². The Morgan fingerprint density at radius 1 is 1.27 bits per heavy atom. The molecular formula is C20H25N5O. The highest BCUT2D eigenvalue weighted by Gasteiger charge is 2.33. The highest BCUT2D eigenvalue weighted by atomic mass is 16.5. The van der Waals surface area contributed by atoms with Crippen molar-refractivity contribution in [2.75, 3.05) is 13.2 Å². The Morgan fingerprint density at radius 3 is 2.96 bits per heavy atom. The number of hydrogen-bond acceptors (Lipinski definition) is 4. The fraction of sp³-hybridized carbons (Fsp3) is 0.400. The molecule has 0 unspecified atom stereocenters. The van der Waals surface area contributed by atoms with E-state index < -0.39 is 0 Å². The SMILES string of the molecule is CCCOc1ccccc1[C@@H]1c2nc[nH]c2CCN1Cc1nccn1C. The Bertz CT molecular complexity index is 868. The smallest absolute Gasteiger partial charge is 0.124 e. The first kappa shape index (κ1) is 16.8. The fourth-order valence-corrected chi connectivity index (χ4v) is 3.62. The Morgan fingerprint density at radius 2 is 2.15 bits per heavy atom. The van der Waals surface area contributed by atoms with Crippen molar-refractivity contribution < 1.29 is 4.74 Å². The minimum absolute atomic E-state index is 0.0646. The molecule has 0 saturated heterocycles. The molecule has 3 heterocycles. The average molecular weight is 351 g/mol. The first-order valence-corrected chi connectivity index (χ1v) is 9.22. The molecule has 1 N–H and O–H groups in total. The summed E-state index contributed by atoms with van der Waals surface area (Å²) in [6, 6.07) is 8.39. The van der Waals surface area contributed by atoms with Gasteiger partial charge in [0.15, 0.2) is 0 Å². The second-order valence-electron chi connectivity index (χ2n) is 6.73. The second-order valence-corrected chi connectivity index (χ2v) is 6.73. The van der Waals surface area contributed by atoms with Crippen molar-refractivity contribution in [2.45, 2.75) is 32.4 Å². The first-order valence-electron chi connectivity index (χ1n) is 9.22. The highest BCUT2D eigenvalue weighted by molar-refractivity contribution is 5.42. The number of rotatable bonds is 6. The molecule has 1 aromatic carbocycles. The van der Waals surface area contributed by atoms with E-state index in [1.165, 1.54) is 11.3 Å². The first-order chi connectivity index (χ1) is 12.8. The lowest BCUT2D eigenvalue weighted by Gasteiger charge is -2.35. The van der Waals surface area contributed by atoms with Crippen LogP contribution in [0.3, 0.4) is 0 Å². The van der Waals surface area contributed by atoms with Crippen molar-refractivity contribution in [3.63, 3.8) is 0 Å². The number of imidazole rings is 2. The minimum Gasteiger partial charge on any atom is -0.493 e. The van der Waals surface area contributed by atoms with E-state index in [0.29, 0.717) is 0 Å². The third-order valence-corrected chi connectivity index (χ3v) is 4.97. The molecule has 6 heteroatoms. The van der Waals surface area contributed by atoms with E-state index in [0.717, 1.165) is 49.8 Å². The van der Waals surface area contributed by atoms with Crippen LogP contribution in [0.15, 0.2) is 43.0 Å². The lowest BCUT2D eigenvalue weighted by Crippen LogP contribution is -2.36. The molecule has 0 saturated carbocycles. The maximum absolute atomic E-state index is 6.05. The molecule has 136 valence electrons. The zero-order chi connectivity index (χ0) is 17.9. The predicted molar refractivity (Wildman–Crippen MR) is 100.0 cm³/mol. The molecule has 0 bridgehead atoms. The van der Waals surface area contributed by atoms with Gasteiger partial charge in [-0.1, -0.05) is 25.1 Å². The third-order valence-electron chi connectivity index (χ3n) is 4.97. The van der Waals surface area contributed by atoms with Gasteiger partial charge in [-0.05, 0) is 12.5 Å². The number of aromatic nitrogens is 4. The molecule has 6 nitrogen and oxygen atoms in total. The van der Waals surface area contributed by atoms with Gasteiger partial charge in [-0.3, -0.25) is 4.90 Å². The zero-order valence-corrected chi connectivity index (χ0v) is 15.4. The molecule has 1 aliphatic heterocycles. The van der Waals surface area contributed by atoms with Gasteiger partial charge in [0.05, 0.1) is 31.2 Å². The normalized spacial score (nSPS) is 17.2. The van der Waals surface area contributed by atoms with Crippen LogP contribution >= 0.6 is 0 Å². The van der Waals surface area contributed by atoms with E-state index >= 15 is 0 Å². The number of nitrogens with zero attached hydrogens (tertiary/aromatic N) is 4. The number of H-pyrrole nitrogens is 1. The number of para-hydroxylation sites is 1. The molecule has 4 rings (SSSR count). The zero-order valence-electron chi connectivity index (χ0n) is 15.4. The number of fused-ring (bicyclic) bond motifs is 1. The van der Waals surface area contributed by atoms with Gasteiger partial charge in [-0.2, -0.15) is 0 Å². The van der Waals surface area contributed by atoms with Crippen LogP contribution in [-0.2, 0) is 20.0 Å². The van der Waals surface area contributed by atoms with Crippen molar-refractivity contribution in [1.82, 2.24) is 24.4 Å². The Hall–Kier alpha value is -2.60. The van der Waals surface area contributed by atoms with Crippen molar-refractivity contribution in [1.29, 1.82) is 0 Å². The van der Waals surface area contributed by atoms with Gasteiger partial charge in [0.25, 0.3) is 0 Å². The Labute approximate surface area is 153 Å². The van der Waals surface area contributed by atoms with Gasteiger partial charge < -0.3 is 14.3 Å².